The molecule has 0 spiro atoms. The molecule has 0 aliphatic heterocycles. The first-order valence-corrected chi connectivity index (χ1v) is 5.72. The van der Waals surface area contributed by atoms with E-state index in [2.05, 4.69) is 11.8 Å². The lowest BCUT2D eigenvalue weighted by atomic mass is 10.1. The summed E-state index contributed by atoms with van der Waals surface area (Å²) < 4.78 is 5.41. The number of carbonyl (C=O) groups is 1. The number of benzene rings is 1. The molecule has 1 aliphatic rings. The van der Waals surface area contributed by atoms with E-state index in [1.165, 1.54) is 18.9 Å². The third-order valence-corrected chi connectivity index (χ3v) is 2.52. The van der Waals surface area contributed by atoms with E-state index in [1.54, 1.807) is 12.1 Å². The lowest BCUT2D eigenvalue weighted by Gasteiger charge is -2.06. The summed E-state index contributed by atoms with van der Waals surface area (Å²) in [6, 6.07) is 4.80. The average Bonchev–Trinajstić information content (AvgIpc) is 3.11. The van der Waals surface area contributed by atoms with Crippen molar-refractivity contribution >= 4 is 5.97 Å². The second-order valence-corrected chi connectivity index (χ2v) is 3.99. The van der Waals surface area contributed by atoms with Crippen molar-refractivity contribution in [2.45, 2.75) is 19.8 Å². The van der Waals surface area contributed by atoms with Gasteiger partial charge >= 0.3 is 5.97 Å². The van der Waals surface area contributed by atoms with E-state index in [4.69, 9.17) is 9.84 Å². The Labute approximate surface area is 100 Å². The summed E-state index contributed by atoms with van der Waals surface area (Å²) in [7, 11) is 0. The highest BCUT2D eigenvalue weighted by Gasteiger charge is 2.18. The van der Waals surface area contributed by atoms with Crippen LogP contribution in [0.2, 0.25) is 0 Å². The summed E-state index contributed by atoms with van der Waals surface area (Å²) in [4.78, 5) is 10.9. The molecule has 1 N–H and O–H groups in total. The van der Waals surface area contributed by atoms with Crippen LogP contribution in [0.5, 0.6) is 5.75 Å². The Morgan fingerprint density at radius 2 is 2.29 bits per heavy atom. The van der Waals surface area contributed by atoms with Gasteiger partial charge in [-0.15, -0.1) is 0 Å². The van der Waals surface area contributed by atoms with E-state index in [9.17, 15) is 4.79 Å². The van der Waals surface area contributed by atoms with E-state index in [0.29, 0.717) is 18.3 Å². The molecule has 0 atom stereocenters. The molecule has 1 fully saturated rings. The van der Waals surface area contributed by atoms with Gasteiger partial charge in [0.1, 0.15) is 5.75 Å². The summed E-state index contributed by atoms with van der Waals surface area (Å²) in [6.07, 6.45) is 2.34. The highest BCUT2D eigenvalue weighted by molar-refractivity contribution is 5.88. The van der Waals surface area contributed by atoms with Crippen molar-refractivity contribution in [3.63, 3.8) is 0 Å². The smallest absolute Gasteiger partial charge is 0.335 e. The standard InChI is InChI=1S/C14H14O3/c1-2-17-13-9-12(14(15)16)8-7-11(13)6-5-10-3-4-10/h7-10H,2-4H2,1H3,(H,15,16). The van der Waals surface area contributed by atoms with Crippen LogP contribution >= 0.6 is 0 Å². The van der Waals surface area contributed by atoms with Crippen molar-refractivity contribution in [2.24, 2.45) is 5.92 Å². The molecule has 3 nitrogen and oxygen atoms in total. The third-order valence-electron chi connectivity index (χ3n) is 2.52. The molecular weight excluding hydrogens is 216 g/mol. The molecule has 0 bridgehead atoms. The number of ether oxygens (including phenoxy) is 1. The molecule has 0 unspecified atom stereocenters. The molecule has 0 heterocycles. The molecular formula is C14H14O3. The van der Waals surface area contributed by atoms with Gasteiger partial charge in [0.05, 0.1) is 17.7 Å². The molecule has 88 valence electrons. The predicted molar refractivity (Wildman–Crippen MR) is 64.2 cm³/mol. The highest BCUT2D eigenvalue weighted by atomic mass is 16.5. The van der Waals surface area contributed by atoms with Crippen LogP contribution in [0.15, 0.2) is 18.2 Å². The summed E-state index contributed by atoms with van der Waals surface area (Å²) in [5, 5.41) is 8.90. The minimum atomic E-state index is -0.951. The van der Waals surface area contributed by atoms with Crippen molar-refractivity contribution in [2.75, 3.05) is 6.61 Å². The Morgan fingerprint density at radius 1 is 1.53 bits per heavy atom. The van der Waals surface area contributed by atoms with Gasteiger partial charge in [0.15, 0.2) is 0 Å². The van der Waals surface area contributed by atoms with Gasteiger partial charge in [-0.2, -0.15) is 0 Å². The number of carboxylic acids is 1. The monoisotopic (exact) mass is 230 g/mol. The minimum Gasteiger partial charge on any atom is -0.493 e. The van der Waals surface area contributed by atoms with Gasteiger partial charge in [0.25, 0.3) is 0 Å². The normalized spacial score (nSPS) is 13.7. The largest absolute Gasteiger partial charge is 0.493 e. The Balaban J connectivity index is 2.30. The van der Waals surface area contributed by atoms with Gasteiger partial charge in [-0.05, 0) is 38.0 Å². The van der Waals surface area contributed by atoms with Crippen LogP contribution in [0, 0.1) is 17.8 Å². The Morgan fingerprint density at radius 3 is 2.88 bits per heavy atom. The molecule has 17 heavy (non-hydrogen) atoms. The van der Waals surface area contributed by atoms with Crippen LogP contribution in [0.1, 0.15) is 35.7 Å². The number of carboxylic acid groups (broad SMARTS) is 1. The maximum atomic E-state index is 10.9. The van der Waals surface area contributed by atoms with Crippen LogP contribution < -0.4 is 4.74 Å². The fraction of sp³-hybridized carbons (Fsp3) is 0.357. The summed E-state index contributed by atoms with van der Waals surface area (Å²) in [5.74, 6) is 6.32. The van der Waals surface area contributed by atoms with Gasteiger partial charge in [0.2, 0.25) is 0 Å². The first-order chi connectivity index (χ1) is 8.20. The topological polar surface area (TPSA) is 46.5 Å². The van der Waals surface area contributed by atoms with Crippen molar-refractivity contribution in [3.8, 4) is 17.6 Å². The zero-order chi connectivity index (χ0) is 12.3. The lowest BCUT2D eigenvalue weighted by molar-refractivity contribution is 0.0696. The highest BCUT2D eigenvalue weighted by Crippen LogP contribution is 2.28. The molecule has 1 aromatic carbocycles. The van der Waals surface area contributed by atoms with Gasteiger partial charge in [0, 0.05) is 5.92 Å². The maximum Gasteiger partial charge on any atom is 0.335 e. The number of hydrogen-bond donors (Lipinski definition) is 1. The van der Waals surface area contributed by atoms with Crippen LogP contribution in [0.25, 0.3) is 0 Å². The van der Waals surface area contributed by atoms with Gasteiger partial charge in [-0.1, -0.05) is 11.8 Å². The van der Waals surface area contributed by atoms with E-state index >= 15 is 0 Å². The molecule has 0 saturated heterocycles. The van der Waals surface area contributed by atoms with E-state index in [1.807, 2.05) is 6.92 Å². The maximum absolute atomic E-state index is 10.9. The molecule has 3 heteroatoms. The van der Waals surface area contributed by atoms with Crippen LogP contribution in [-0.4, -0.2) is 17.7 Å². The quantitative estimate of drug-likeness (QED) is 0.812. The van der Waals surface area contributed by atoms with Crippen molar-refractivity contribution in [1.82, 2.24) is 0 Å². The lowest BCUT2D eigenvalue weighted by Crippen LogP contribution is -2.00. The second-order valence-electron chi connectivity index (χ2n) is 3.99. The Bertz CT molecular complexity index is 490. The van der Waals surface area contributed by atoms with Gasteiger partial charge in [-0.3, -0.25) is 0 Å². The summed E-state index contributed by atoms with van der Waals surface area (Å²) in [5.41, 5.74) is 0.995. The summed E-state index contributed by atoms with van der Waals surface area (Å²) in [6.45, 7) is 2.37. The molecule has 0 amide bonds. The van der Waals surface area contributed by atoms with Crippen LogP contribution in [0.4, 0.5) is 0 Å². The first-order valence-electron chi connectivity index (χ1n) is 5.72. The molecule has 0 aromatic heterocycles. The Hall–Kier alpha value is -1.95. The van der Waals surface area contributed by atoms with E-state index in [0.717, 1.165) is 5.56 Å². The summed E-state index contributed by atoms with van der Waals surface area (Å²) >= 11 is 0. The van der Waals surface area contributed by atoms with Crippen LogP contribution in [-0.2, 0) is 0 Å². The van der Waals surface area contributed by atoms with E-state index < -0.39 is 5.97 Å². The molecule has 2 rings (SSSR count). The van der Waals surface area contributed by atoms with Gasteiger partial charge < -0.3 is 9.84 Å². The molecule has 1 aliphatic carbocycles. The van der Waals surface area contributed by atoms with Crippen LogP contribution in [0.3, 0.4) is 0 Å². The van der Waals surface area contributed by atoms with Crippen molar-refractivity contribution in [1.29, 1.82) is 0 Å². The second kappa shape index (κ2) is 4.92. The SMILES string of the molecule is CCOc1cc(C(=O)O)ccc1C#CC1CC1. The number of hydrogen-bond acceptors (Lipinski definition) is 2. The minimum absolute atomic E-state index is 0.227. The third kappa shape index (κ3) is 3.01. The zero-order valence-electron chi connectivity index (χ0n) is 9.69. The number of rotatable bonds is 3. The van der Waals surface area contributed by atoms with Gasteiger partial charge in [-0.25, -0.2) is 4.79 Å². The van der Waals surface area contributed by atoms with Crippen molar-refractivity contribution < 1.29 is 14.6 Å². The van der Waals surface area contributed by atoms with Crippen molar-refractivity contribution in [3.05, 3.63) is 29.3 Å². The molecule has 1 saturated carbocycles. The first kappa shape index (κ1) is 11.5. The average molecular weight is 230 g/mol. The molecule has 1 aromatic rings. The fourth-order valence-electron chi connectivity index (χ4n) is 1.44. The van der Waals surface area contributed by atoms with E-state index in [-0.39, 0.29) is 5.56 Å². The predicted octanol–water partition coefficient (Wildman–Crippen LogP) is 2.55. The zero-order valence-corrected chi connectivity index (χ0v) is 9.69. The number of aromatic carboxylic acids is 1. The fourth-order valence-corrected chi connectivity index (χ4v) is 1.44. The molecule has 0 radical (unpaired) electrons. The Kier molecular flexibility index (Phi) is 3.34.